The highest BCUT2D eigenvalue weighted by Gasteiger charge is 2.31. The number of halogens is 1. The zero-order chi connectivity index (χ0) is 40.1. The Bertz CT molecular complexity index is 1890. The molecule has 0 saturated carbocycles. The number of carbonyl (C=O) groups excluding carboxylic acids is 2. The van der Waals surface area contributed by atoms with Crippen molar-refractivity contribution in [1.82, 2.24) is 4.57 Å². The summed E-state index contributed by atoms with van der Waals surface area (Å²) < 4.78 is 21.2. The predicted molar refractivity (Wildman–Crippen MR) is 199 cm³/mol. The summed E-state index contributed by atoms with van der Waals surface area (Å²) in [6, 6.07) is 24.3. The van der Waals surface area contributed by atoms with Gasteiger partial charge in [0.15, 0.2) is 0 Å². The number of benzene rings is 3. The SMILES string of the molecule is CCC(O[N+](=O)[O-])C(CCOC(=O)C[C@H](O)C[C@H](O)CCn1c(-c2ccc(F)cc2)c(-c2ccccc2)c(C(=O)Nc2ccccc2)c1C(C)C)O[N+](=O)[O-]. The highest BCUT2D eigenvalue weighted by molar-refractivity contribution is 6.12. The van der Waals surface area contributed by atoms with Gasteiger partial charge in [-0.05, 0) is 72.7 Å². The van der Waals surface area contributed by atoms with E-state index in [2.05, 4.69) is 15.0 Å². The molecule has 0 aliphatic heterocycles. The highest BCUT2D eigenvalue weighted by Crippen LogP contribution is 2.42. The third kappa shape index (κ3) is 11.8. The molecule has 4 aromatic rings. The average Bonchev–Trinajstić information content (AvgIpc) is 3.49. The van der Waals surface area contributed by atoms with Gasteiger partial charge < -0.3 is 34.5 Å². The van der Waals surface area contributed by atoms with Gasteiger partial charge in [-0.1, -0.05) is 69.3 Å². The van der Waals surface area contributed by atoms with Crippen molar-refractivity contribution < 1.29 is 48.8 Å². The number of hydrogen-bond donors (Lipinski definition) is 3. The van der Waals surface area contributed by atoms with Crippen molar-refractivity contribution in [3.63, 3.8) is 0 Å². The Morgan fingerprint density at radius 2 is 1.44 bits per heavy atom. The van der Waals surface area contributed by atoms with Gasteiger partial charge >= 0.3 is 5.97 Å². The van der Waals surface area contributed by atoms with E-state index in [1.54, 1.807) is 24.3 Å². The number of ether oxygens (including phenoxy) is 1. The lowest BCUT2D eigenvalue weighted by Crippen LogP contribution is -2.36. The van der Waals surface area contributed by atoms with Crippen molar-refractivity contribution in [3.8, 4) is 22.4 Å². The molecule has 2 unspecified atom stereocenters. The Hall–Kier alpha value is -5.87. The van der Waals surface area contributed by atoms with E-state index in [0.29, 0.717) is 33.8 Å². The molecule has 3 N–H and O–H groups in total. The number of anilines is 1. The summed E-state index contributed by atoms with van der Waals surface area (Å²) in [6.07, 6.45) is -6.02. The molecule has 4 atom stereocenters. The van der Waals surface area contributed by atoms with Gasteiger partial charge in [-0.2, -0.15) is 0 Å². The zero-order valence-electron chi connectivity index (χ0n) is 30.7. The van der Waals surface area contributed by atoms with Crippen LogP contribution in [0.1, 0.15) is 74.8 Å². The summed E-state index contributed by atoms with van der Waals surface area (Å²) in [4.78, 5) is 57.4. The Kier molecular flexibility index (Phi) is 15.2. The molecule has 0 spiro atoms. The van der Waals surface area contributed by atoms with Gasteiger partial charge in [0.05, 0.1) is 36.5 Å². The fourth-order valence-corrected chi connectivity index (χ4v) is 6.47. The van der Waals surface area contributed by atoms with Crippen LogP contribution in [0.25, 0.3) is 22.4 Å². The maximum absolute atomic E-state index is 14.2. The first kappa shape index (κ1) is 41.9. The van der Waals surface area contributed by atoms with E-state index < -0.39 is 59.4 Å². The number of rotatable bonds is 21. The normalized spacial score (nSPS) is 13.4. The molecule has 294 valence electrons. The molecule has 3 aromatic carbocycles. The molecular formula is C39H45FN4O11. The van der Waals surface area contributed by atoms with Crippen LogP contribution >= 0.6 is 0 Å². The van der Waals surface area contributed by atoms with E-state index in [4.69, 9.17) is 4.74 Å². The Morgan fingerprint density at radius 1 is 0.836 bits per heavy atom. The Balaban J connectivity index is 1.55. The van der Waals surface area contributed by atoms with Gasteiger partial charge in [0.25, 0.3) is 16.1 Å². The van der Waals surface area contributed by atoms with Crippen molar-refractivity contribution >= 4 is 17.6 Å². The van der Waals surface area contributed by atoms with Crippen LogP contribution in [0, 0.1) is 26.0 Å². The van der Waals surface area contributed by atoms with Crippen LogP contribution in [0.5, 0.6) is 0 Å². The lowest BCUT2D eigenvalue weighted by molar-refractivity contribution is -0.799. The summed E-state index contributed by atoms with van der Waals surface area (Å²) in [5.74, 6) is -1.84. The second kappa shape index (κ2) is 20.0. The van der Waals surface area contributed by atoms with E-state index in [1.807, 2.05) is 66.9 Å². The summed E-state index contributed by atoms with van der Waals surface area (Å²) >= 11 is 0. The number of para-hydroxylation sites is 1. The number of aromatic nitrogens is 1. The van der Waals surface area contributed by atoms with Crippen molar-refractivity contribution in [1.29, 1.82) is 0 Å². The van der Waals surface area contributed by atoms with Crippen molar-refractivity contribution in [2.24, 2.45) is 0 Å². The first-order chi connectivity index (χ1) is 26.3. The first-order valence-electron chi connectivity index (χ1n) is 17.9. The number of hydrogen-bond acceptors (Lipinski definition) is 11. The molecule has 0 saturated heterocycles. The minimum absolute atomic E-state index is 0.00681. The van der Waals surface area contributed by atoms with Gasteiger partial charge in [-0.25, -0.2) is 4.39 Å². The van der Waals surface area contributed by atoms with Crippen LogP contribution in [0.2, 0.25) is 0 Å². The van der Waals surface area contributed by atoms with Crippen LogP contribution in [0.15, 0.2) is 84.9 Å². The van der Waals surface area contributed by atoms with Crippen molar-refractivity contribution in [2.45, 2.75) is 89.8 Å². The number of carbonyl (C=O) groups is 2. The largest absolute Gasteiger partial charge is 0.466 e. The third-order valence-corrected chi connectivity index (χ3v) is 8.85. The number of nitrogens with zero attached hydrogens (tertiary/aromatic N) is 3. The van der Waals surface area contributed by atoms with Crippen LogP contribution in [0.4, 0.5) is 10.1 Å². The van der Waals surface area contributed by atoms with E-state index in [0.717, 1.165) is 5.56 Å². The van der Waals surface area contributed by atoms with Crippen LogP contribution in [-0.4, -0.2) is 67.9 Å². The van der Waals surface area contributed by atoms with Gasteiger partial charge in [0.1, 0.15) is 18.0 Å². The highest BCUT2D eigenvalue weighted by atomic mass is 19.1. The molecule has 16 heteroatoms. The van der Waals surface area contributed by atoms with Gasteiger partial charge in [0, 0.05) is 29.9 Å². The fraction of sp³-hybridized carbons (Fsp3) is 0.385. The van der Waals surface area contributed by atoms with E-state index >= 15 is 0 Å². The topological polar surface area (TPSA) is 206 Å². The minimum Gasteiger partial charge on any atom is -0.466 e. The lowest BCUT2D eigenvalue weighted by Gasteiger charge is -2.22. The van der Waals surface area contributed by atoms with E-state index in [-0.39, 0.29) is 44.1 Å². The average molecular weight is 765 g/mol. The number of nitrogens with one attached hydrogen (secondary N) is 1. The molecule has 55 heavy (non-hydrogen) atoms. The van der Waals surface area contributed by atoms with Crippen LogP contribution in [0.3, 0.4) is 0 Å². The van der Waals surface area contributed by atoms with Gasteiger partial charge in [-0.3, -0.25) is 9.59 Å². The summed E-state index contributed by atoms with van der Waals surface area (Å²) in [6.45, 7) is 5.17. The summed E-state index contributed by atoms with van der Waals surface area (Å²) in [5.41, 5.74) is 4.35. The third-order valence-electron chi connectivity index (χ3n) is 8.85. The molecule has 0 radical (unpaired) electrons. The molecule has 0 aliphatic carbocycles. The van der Waals surface area contributed by atoms with E-state index in [9.17, 15) is 44.4 Å². The molecule has 1 heterocycles. The van der Waals surface area contributed by atoms with Crippen molar-refractivity contribution in [3.05, 3.63) is 122 Å². The molecular weight excluding hydrogens is 719 g/mol. The molecule has 0 aliphatic rings. The standard InChI is InChI=1S/C39H45FN4O11/c1-4-32(54-43(49)50)33(55-44(51)52)20-22-53-34(47)24-31(46)23-30(45)19-21-42-37(25(2)3)36(39(48)41-29-13-9-6-10-14-29)35(26-11-7-5-8-12-26)38(42)27-15-17-28(40)18-16-27/h5-18,25,30-33,45-46H,4,19-24H2,1-3H3,(H,41,48)/t30-,31-,32?,33?/m1/s1. The molecule has 4 rings (SSSR count). The summed E-state index contributed by atoms with van der Waals surface area (Å²) in [5, 5.41) is 44.3. The second-order valence-electron chi connectivity index (χ2n) is 13.2. The first-order valence-corrected chi connectivity index (χ1v) is 17.9. The van der Waals surface area contributed by atoms with Crippen LogP contribution in [-0.2, 0) is 25.8 Å². The van der Waals surface area contributed by atoms with Gasteiger partial charge in [0.2, 0.25) is 0 Å². The fourth-order valence-electron chi connectivity index (χ4n) is 6.47. The molecule has 0 fully saturated rings. The number of aliphatic hydroxyl groups is 2. The number of aliphatic hydroxyl groups excluding tert-OH is 2. The predicted octanol–water partition coefficient (Wildman–Crippen LogP) is 6.73. The summed E-state index contributed by atoms with van der Waals surface area (Å²) in [7, 11) is 0. The quantitative estimate of drug-likeness (QED) is 0.0461. The molecule has 15 nitrogen and oxygen atoms in total. The number of esters is 1. The minimum atomic E-state index is -1.39. The second-order valence-corrected chi connectivity index (χ2v) is 13.2. The van der Waals surface area contributed by atoms with Crippen LogP contribution < -0.4 is 5.32 Å². The monoisotopic (exact) mass is 764 g/mol. The van der Waals surface area contributed by atoms with Gasteiger partial charge in [-0.15, -0.1) is 20.2 Å². The van der Waals surface area contributed by atoms with E-state index in [1.165, 1.54) is 19.1 Å². The molecule has 0 bridgehead atoms. The Labute approximate surface area is 316 Å². The maximum Gasteiger partial charge on any atom is 0.308 e. The maximum atomic E-state index is 14.2. The van der Waals surface area contributed by atoms with Crippen molar-refractivity contribution in [2.75, 3.05) is 11.9 Å². The molecule has 1 amide bonds. The smallest absolute Gasteiger partial charge is 0.308 e. The Morgan fingerprint density at radius 3 is 2.02 bits per heavy atom. The molecule has 1 aromatic heterocycles. The number of amides is 1. The zero-order valence-corrected chi connectivity index (χ0v) is 30.7. The lowest BCUT2D eigenvalue weighted by atomic mass is 9.94.